The minimum atomic E-state index is 0.765. The molecule has 0 saturated heterocycles. The maximum absolute atomic E-state index is 3.59. The minimum absolute atomic E-state index is 0.765. The molecule has 2 aliphatic carbocycles. The zero-order valence-electron chi connectivity index (χ0n) is 13.3. The minimum Gasteiger partial charge on any atom is -0.317 e. The molecular weight excluding hydrogens is 232 g/mol. The molecule has 2 aliphatic rings. The van der Waals surface area contributed by atoms with Crippen molar-refractivity contribution in [3.05, 3.63) is 0 Å². The summed E-state index contributed by atoms with van der Waals surface area (Å²) in [6, 6.07) is 0.765. The predicted molar refractivity (Wildman–Crippen MR) is 83.4 cm³/mol. The van der Waals surface area contributed by atoms with Crippen molar-refractivity contribution in [2.45, 2.75) is 64.8 Å². The Hall–Kier alpha value is -0.0800. The molecule has 0 bridgehead atoms. The van der Waals surface area contributed by atoms with Gasteiger partial charge in [-0.25, -0.2) is 0 Å². The number of hydrogen-bond donors (Lipinski definition) is 1. The van der Waals surface area contributed by atoms with Gasteiger partial charge in [-0.3, -0.25) is 0 Å². The van der Waals surface area contributed by atoms with Crippen molar-refractivity contribution in [2.75, 3.05) is 26.7 Å². The van der Waals surface area contributed by atoms with Gasteiger partial charge in [0, 0.05) is 19.1 Å². The third-order valence-electron chi connectivity index (χ3n) is 5.29. The van der Waals surface area contributed by atoms with Gasteiger partial charge in [0.2, 0.25) is 0 Å². The average molecular weight is 266 g/mol. The summed E-state index contributed by atoms with van der Waals surface area (Å²) in [5.74, 6) is 2.90. The van der Waals surface area contributed by atoms with Gasteiger partial charge in [-0.2, -0.15) is 0 Å². The smallest absolute Gasteiger partial charge is 0.0105 e. The first-order valence-corrected chi connectivity index (χ1v) is 8.66. The zero-order chi connectivity index (χ0) is 13.7. The van der Waals surface area contributed by atoms with E-state index in [9.17, 15) is 0 Å². The second-order valence-electron chi connectivity index (χ2n) is 6.95. The topological polar surface area (TPSA) is 15.3 Å². The van der Waals surface area contributed by atoms with Gasteiger partial charge in [-0.15, -0.1) is 0 Å². The lowest BCUT2D eigenvalue weighted by molar-refractivity contribution is 0.138. The first-order valence-electron chi connectivity index (χ1n) is 8.66. The molecule has 2 rings (SSSR count). The fourth-order valence-electron chi connectivity index (χ4n) is 3.88. The summed E-state index contributed by atoms with van der Waals surface area (Å²) < 4.78 is 0. The van der Waals surface area contributed by atoms with Crippen molar-refractivity contribution in [1.82, 2.24) is 10.2 Å². The van der Waals surface area contributed by atoms with Crippen LogP contribution in [0.4, 0.5) is 0 Å². The zero-order valence-corrected chi connectivity index (χ0v) is 13.3. The van der Waals surface area contributed by atoms with E-state index in [1.807, 2.05) is 0 Å². The summed E-state index contributed by atoms with van der Waals surface area (Å²) in [5, 5.41) is 3.59. The Kier molecular flexibility index (Phi) is 6.15. The van der Waals surface area contributed by atoms with E-state index in [2.05, 4.69) is 31.1 Å². The van der Waals surface area contributed by atoms with Crippen molar-refractivity contribution in [2.24, 2.45) is 17.8 Å². The lowest BCUT2D eigenvalue weighted by Crippen LogP contribution is -2.45. The molecule has 0 amide bonds. The molecule has 2 fully saturated rings. The quantitative estimate of drug-likeness (QED) is 0.723. The van der Waals surface area contributed by atoms with E-state index >= 15 is 0 Å². The van der Waals surface area contributed by atoms with Crippen molar-refractivity contribution in [1.29, 1.82) is 0 Å². The van der Waals surface area contributed by atoms with Crippen LogP contribution in [-0.4, -0.2) is 37.6 Å². The van der Waals surface area contributed by atoms with Crippen molar-refractivity contribution in [3.8, 4) is 0 Å². The number of nitrogens with zero attached hydrogens (tertiary/aromatic N) is 1. The lowest BCUT2D eigenvalue weighted by atomic mass is 9.76. The van der Waals surface area contributed by atoms with Crippen LogP contribution in [0, 0.1) is 17.8 Å². The van der Waals surface area contributed by atoms with E-state index in [1.165, 1.54) is 64.6 Å². The molecule has 2 heteroatoms. The molecule has 0 radical (unpaired) electrons. The van der Waals surface area contributed by atoms with Crippen LogP contribution in [0.25, 0.3) is 0 Å². The number of nitrogens with one attached hydrogen (secondary N) is 1. The highest BCUT2D eigenvalue weighted by Crippen LogP contribution is 2.34. The van der Waals surface area contributed by atoms with E-state index in [4.69, 9.17) is 0 Å². The molecule has 0 heterocycles. The Bertz CT molecular complexity index is 250. The Balaban J connectivity index is 1.87. The van der Waals surface area contributed by atoms with Crippen molar-refractivity contribution >= 4 is 0 Å². The van der Waals surface area contributed by atoms with Gasteiger partial charge in [0.05, 0.1) is 0 Å². The van der Waals surface area contributed by atoms with Crippen LogP contribution < -0.4 is 5.32 Å². The van der Waals surface area contributed by atoms with Gasteiger partial charge >= 0.3 is 0 Å². The van der Waals surface area contributed by atoms with Gasteiger partial charge < -0.3 is 10.2 Å². The molecule has 2 saturated carbocycles. The summed E-state index contributed by atoms with van der Waals surface area (Å²) >= 11 is 0. The molecule has 0 aromatic rings. The Morgan fingerprint density at radius 2 is 1.74 bits per heavy atom. The number of rotatable bonds is 8. The summed E-state index contributed by atoms with van der Waals surface area (Å²) in [6.45, 7) is 8.71. The van der Waals surface area contributed by atoms with Crippen LogP contribution in [0.2, 0.25) is 0 Å². The van der Waals surface area contributed by atoms with E-state index in [1.54, 1.807) is 0 Å². The molecule has 2 nitrogen and oxygen atoms in total. The normalized spacial score (nSPS) is 31.9. The number of hydrogen-bond acceptors (Lipinski definition) is 2. The molecule has 3 atom stereocenters. The molecule has 0 aromatic heterocycles. The molecule has 0 spiro atoms. The molecule has 0 aliphatic heterocycles. The summed E-state index contributed by atoms with van der Waals surface area (Å²) in [5.41, 5.74) is 0. The van der Waals surface area contributed by atoms with Gasteiger partial charge in [-0.05, 0) is 69.9 Å². The van der Waals surface area contributed by atoms with Crippen LogP contribution in [0.3, 0.4) is 0 Å². The Morgan fingerprint density at radius 1 is 1.00 bits per heavy atom. The van der Waals surface area contributed by atoms with E-state index in [0.717, 1.165) is 23.8 Å². The fraction of sp³-hybridized carbons (Fsp3) is 1.00. The molecule has 112 valence electrons. The van der Waals surface area contributed by atoms with Crippen LogP contribution in [-0.2, 0) is 0 Å². The maximum Gasteiger partial charge on any atom is 0.0105 e. The first kappa shape index (κ1) is 15.3. The Labute approximate surface area is 120 Å². The fourth-order valence-corrected chi connectivity index (χ4v) is 3.88. The van der Waals surface area contributed by atoms with Gasteiger partial charge in [0.1, 0.15) is 0 Å². The third-order valence-corrected chi connectivity index (χ3v) is 5.29. The lowest BCUT2D eigenvalue weighted by Gasteiger charge is -2.39. The average Bonchev–Trinajstić information content (AvgIpc) is 3.23. The standard InChI is InChI=1S/C17H34N2/c1-4-10-19(12-15-6-7-15)13-16-11-14(5-2)8-9-17(16)18-3/h14-18H,4-13H2,1-3H3. The second kappa shape index (κ2) is 7.64. The molecule has 1 N–H and O–H groups in total. The van der Waals surface area contributed by atoms with Crippen LogP contribution >= 0.6 is 0 Å². The van der Waals surface area contributed by atoms with Crippen LogP contribution in [0.15, 0.2) is 0 Å². The second-order valence-corrected chi connectivity index (χ2v) is 6.95. The van der Waals surface area contributed by atoms with Crippen molar-refractivity contribution in [3.63, 3.8) is 0 Å². The van der Waals surface area contributed by atoms with Crippen LogP contribution in [0.5, 0.6) is 0 Å². The largest absolute Gasteiger partial charge is 0.317 e. The van der Waals surface area contributed by atoms with Crippen molar-refractivity contribution < 1.29 is 0 Å². The first-order chi connectivity index (χ1) is 9.26. The molecular formula is C17H34N2. The van der Waals surface area contributed by atoms with Gasteiger partial charge in [-0.1, -0.05) is 20.3 Å². The molecule has 19 heavy (non-hydrogen) atoms. The van der Waals surface area contributed by atoms with E-state index < -0.39 is 0 Å². The highest BCUT2D eigenvalue weighted by atomic mass is 15.1. The summed E-state index contributed by atoms with van der Waals surface area (Å²) in [7, 11) is 2.16. The maximum atomic E-state index is 3.59. The Morgan fingerprint density at radius 3 is 2.32 bits per heavy atom. The van der Waals surface area contributed by atoms with E-state index in [-0.39, 0.29) is 0 Å². The highest BCUT2D eigenvalue weighted by molar-refractivity contribution is 4.87. The monoisotopic (exact) mass is 266 g/mol. The van der Waals surface area contributed by atoms with Crippen LogP contribution in [0.1, 0.15) is 58.8 Å². The summed E-state index contributed by atoms with van der Waals surface area (Å²) in [6.07, 6.45) is 9.94. The SMILES string of the molecule is CCCN(CC1CC1)CC1CC(CC)CCC1NC. The van der Waals surface area contributed by atoms with E-state index in [0.29, 0.717) is 0 Å². The molecule has 3 unspecified atom stereocenters. The summed E-state index contributed by atoms with van der Waals surface area (Å²) in [4.78, 5) is 2.77. The third kappa shape index (κ3) is 4.75. The highest BCUT2D eigenvalue weighted by Gasteiger charge is 2.31. The molecule has 0 aromatic carbocycles. The van der Waals surface area contributed by atoms with Gasteiger partial charge in [0.25, 0.3) is 0 Å². The van der Waals surface area contributed by atoms with Gasteiger partial charge in [0.15, 0.2) is 0 Å². The predicted octanol–water partition coefficient (Wildman–Crippen LogP) is 3.52.